The zero-order valence-electron chi connectivity index (χ0n) is 15.1. The van der Waals surface area contributed by atoms with Gasteiger partial charge in [0.15, 0.2) is 5.82 Å². The van der Waals surface area contributed by atoms with E-state index in [9.17, 15) is 9.18 Å². The number of hydrogen-bond donors (Lipinski definition) is 3. The van der Waals surface area contributed by atoms with Crippen LogP contribution in [0.4, 0.5) is 21.7 Å². The molecule has 1 amide bonds. The third kappa shape index (κ3) is 3.96. The minimum absolute atomic E-state index is 0.115. The largest absolute Gasteiger partial charge is 0.385 e. The molecule has 6 nitrogen and oxygen atoms in total. The number of halogens is 1. The van der Waals surface area contributed by atoms with Crippen LogP contribution in [-0.4, -0.2) is 50.3 Å². The van der Waals surface area contributed by atoms with E-state index in [0.717, 1.165) is 31.4 Å². The minimum Gasteiger partial charge on any atom is -0.385 e. The molecule has 1 atom stereocenters. The molecule has 2 fully saturated rings. The van der Waals surface area contributed by atoms with E-state index in [2.05, 4.69) is 20.9 Å². The Bertz CT molecular complexity index is 618. The summed E-state index contributed by atoms with van der Waals surface area (Å²) in [5.41, 5.74) is 1.28. The van der Waals surface area contributed by atoms with Crippen molar-refractivity contribution in [1.29, 1.82) is 0 Å². The molecule has 1 aliphatic carbocycles. The highest BCUT2D eigenvalue weighted by Gasteiger charge is 2.29. The van der Waals surface area contributed by atoms with Gasteiger partial charge in [-0.3, -0.25) is 4.79 Å². The molecule has 3 N–H and O–H groups in total. The molecule has 1 aliphatic heterocycles. The van der Waals surface area contributed by atoms with Gasteiger partial charge in [0.05, 0.1) is 17.8 Å². The molecule has 138 valence electrons. The number of anilines is 3. The molecule has 1 aromatic heterocycles. The lowest BCUT2D eigenvalue weighted by molar-refractivity contribution is 0.0928. The van der Waals surface area contributed by atoms with Gasteiger partial charge in [-0.15, -0.1) is 0 Å². The first-order valence-corrected chi connectivity index (χ1v) is 9.22. The molecule has 3 rings (SSSR count). The Labute approximate surface area is 148 Å². The van der Waals surface area contributed by atoms with Gasteiger partial charge in [-0.1, -0.05) is 19.3 Å². The van der Waals surface area contributed by atoms with Crippen LogP contribution in [0, 0.1) is 0 Å². The van der Waals surface area contributed by atoms with Crippen molar-refractivity contribution in [1.82, 2.24) is 10.3 Å². The number of carbonyl (C=O) groups excluding carboxylic acids is 1. The van der Waals surface area contributed by atoms with Crippen molar-refractivity contribution in [2.45, 2.75) is 50.7 Å². The monoisotopic (exact) mass is 349 g/mol. The van der Waals surface area contributed by atoms with Gasteiger partial charge in [-0.2, -0.15) is 0 Å². The molecule has 2 aliphatic rings. The smallest absolute Gasteiger partial charge is 0.255 e. The topological polar surface area (TPSA) is 69.3 Å². The highest BCUT2D eigenvalue weighted by Crippen LogP contribution is 2.31. The van der Waals surface area contributed by atoms with E-state index in [-0.39, 0.29) is 11.9 Å². The van der Waals surface area contributed by atoms with Crippen LogP contribution in [0.3, 0.4) is 0 Å². The SMILES string of the molecule is CNc1cc(C(=O)NC2CCCCC2)c(N2CCC(F)C2)nc1NC. The maximum Gasteiger partial charge on any atom is 0.255 e. The van der Waals surface area contributed by atoms with Crippen molar-refractivity contribution in [3.8, 4) is 0 Å². The average Bonchev–Trinajstić information content (AvgIpc) is 3.07. The lowest BCUT2D eigenvalue weighted by atomic mass is 9.95. The van der Waals surface area contributed by atoms with E-state index in [4.69, 9.17) is 0 Å². The number of amides is 1. The first-order chi connectivity index (χ1) is 12.1. The van der Waals surface area contributed by atoms with Gasteiger partial charge >= 0.3 is 0 Å². The van der Waals surface area contributed by atoms with E-state index in [0.29, 0.717) is 36.7 Å². The molecule has 1 saturated heterocycles. The summed E-state index contributed by atoms with van der Waals surface area (Å²) in [7, 11) is 3.59. The van der Waals surface area contributed by atoms with Crippen LogP contribution in [0.25, 0.3) is 0 Å². The van der Waals surface area contributed by atoms with Gasteiger partial charge in [0.1, 0.15) is 12.0 Å². The molecular formula is C18H28FN5O. The Hall–Kier alpha value is -2.05. The normalized spacial score (nSPS) is 21.2. The molecular weight excluding hydrogens is 321 g/mol. The number of rotatable bonds is 5. The molecule has 0 radical (unpaired) electrons. The maximum absolute atomic E-state index is 13.7. The number of pyridine rings is 1. The molecule has 25 heavy (non-hydrogen) atoms. The molecule has 0 spiro atoms. The van der Waals surface area contributed by atoms with Crippen molar-refractivity contribution in [2.75, 3.05) is 42.7 Å². The summed E-state index contributed by atoms with van der Waals surface area (Å²) in [5, 5.41) is 9.27. The second-order valence-electron chi connectivity index (χ2n) is 6.90. The fourth-order valence-corrected chi connectivity index (χ4v) is 3.71. The van der Waals surface area contributed by atoms with Gasteiger partial charge in [0.2, 0.25) is 0 Å². The number of carbonyl (C=O) groups is 1. The summed E-state index contributed by atoms with van der Waals surface area (Å²) in [6.45, 7) is 0.874. The van der Waals surface area contributed by atoms with Crippen molar-refractivity contribution >= 4 is 23.2 Å². The highest BCUT2D eigenvalue weighted by atomic mass is 19.1. The van der Waals surface area contributed by atoms with Crippen molar-refractivity contribution < 1.29 is 9.18 Å². The van der Waals surface area contributed by atoms with Crippen LogP contribution in [0.5, 0.6) is 0 Å². The van der Waals surface area contributed by atoms with Gasteiger partial charge in [-0.05, 0) is 25.3 Å². The quantitative estimate of drug-likeness (QED) is 0.763. The fourth-order valence-electron chi connectivity index (χ4n) is 3.71. The van der Waals surface area contributed by atoms with E-state index in [1.165, 1.54) is 6.42 Å². The lowest BCUT2D eigenvalue weighted by Crippen LogP contribution is -2.37. The second-order valence-corrected chi connectivity index (χ2v) is 6.90. The van der Waals surface area contributed by atoms with E-state index < -0.39 is 6.17 Å². The van der Waals surface area contributed by atoms with E-state index in [1.807, 2.05) is 11.0 Å². The number of aromatic nitrogens is 1. The van der Waals surface area contributed by atoms with Crippen LogP contribution in [-0.2, 0) is 0 Å². The molecule has 0 bridgehead atoms. The second kappa shape index (κ2) is 7.89. The number of hydrogen-bond acceptors (Lipinski definition) is 5. The molecule has 1 saturated carbocycles. The van der Waals surface area contributed by atoms with Gasteiger partial charge in [0.25, 0.3) is 5.91 Å². The van der Waals surface area contributed by atoms with Gasteiger partial charge < -0.3 is 20.9 Å². The zero-order chi connectivity index (χ0) is 17.8. The molecule has 1 unspecified atom stereocenters. The Morgan fingerprint density at radius 2 is 1.96 bits per heavy atom. The predicted octanol–water partition coefficient (Wildman–Crippen LogP) is 2.78. The molecule has 7 heteroatoms. The van der Waals surface area contributed by atoms with Crippen molar-refractivity contribution in [3.63, 3.8) is 0 Å². The summed E-state index contributed by atoms with van der Waals surface area (Å²) >= 11 is 0. The van der Waals surface area contributed by atoms with E-state index >= 15 is 0 Å². The Morgan fingerprint density at radius 3 is 2.56 bits per heavy atom. The standard InChI is InChI=1S/C18H28FN5O/c1-20-15-10-14(18(25)22-13-6-4-3-5-7-13)17(23-16(15)21-2)24-9-8-12(19)11-24/h10,12-13,20H,3-9,11H2,1-2H3,(H,21,23)(H,22,25). The first-order valence-electron chi connectivity index (χ1n) is 9.22. The first kappa shape index (κ1) is 17.8. The summed E-state index contributed by atoms with van der Waals surface area (Å²) in [4.78, 5) is 19.4. The summed E-state index contributed by atoms with van der Waals surface area (Å²) in [5.74, 6) is 1.11. The third-order valence-corrected chi connectivity index (χ3v) is 5.12. The number of nitrogens with zero attached hydrogens (tertiary/aromatic N) is 2. The summed E-state index contributed by atoms with van der Waals surface area (Å²) in [6.07, 6.45) is 5.23. The van der Waals surface area contributed by atoms with Crippen LogP contribution in [0.15, 0.2) is 6.07 Å². The predicted molar refractivity (Wildman–Crippen MR) is 99.4 cm³/mol. The van der Waals surface area contributed by atoms with Gasteiger partial charge in [-0.25, -0.2) is 9.37 Å². The van der Waals surface area contributed by atoms with Crippen LogP contribution < -0.4 is 20.9 Å². The van der Waals surface area contributed by atoms with Gasteiger partial charge in [0, 0.05) is 26.7 Å². The highest BCUT2D eigenvalue weighted by molar-refractivity contribution is 6.01. The molecule has 2 heterocycles. The van der Waals surface area contributed by atoms with Crippen LogP contribution in [0.1, 0.15) is 48.9 Å². The van der Waals surface area contributed by atoms with E-state index in [1.54, 1.807) is 14.1 Å². The minimum atomic E-state index is -0.863. The third-order valence-electron chi connectivity index (χ3n) is 5.12. The summed E-state index contributed by atoms with van der Waals surface area (Å²) in [6, 6.07) is 2.04. The fraction of sp³-hybridized carbons (Fsp3) is 0.667. The summed E-state index contributed by atoms with van der Waals surface area (Å²) < 4.78 is 13.7. The molecule has 0 aromatic carbocycles. The maximum atomic E-state index is 13.7. The van der Waals surface area contributed by atoms with Crippen molar-refractivity contribution in [2.24, 2.45) is 0 Å². The number of nitrogens with one attached hydrogen (secondary N) is 3. The number of alkyl halides is 1. The average molecular weight is 349 g/mol. The van der Waals surface area contributed by atoms with Crippen LogP contribution in [0.2, 0.25) is 0 Å². The Kier molecular flexibility index (Phi) is 5.60. The van der Waals surface area contributed by atoms with Crippen LogP contribution >= 0.6 is 0 Å². The Morgan fingerprint density at radius 1 is 1.20 bits per heavy atom. The lowest BCUT2D eigenvalue weighted by Gasteiger charge is -2.25. The zero-order valence-corrected chi connectivity index (χ0v) is 15.1. The molecule has 1 aromatic rings. The Balaban J connectivity index is 1.90. The van der Waals surface area contributed by atoms with Crippen molar-refractivity contribution in [3.05, 3.63) is 11.6 Å².